The molecule has 0 aliphatic heterocycles. The van der Waals surface area contributed by atoms with E-state index in [-0.39, 0.29) is 22.7 Å². The maximum absolute atomic E-state index is 13.6. The molecule has 8 nitrogen and oxygen atoms in total. The third-order valence-corrected chi connectivity index (χ3v) is 3.43. The van der Waals surface area contributed by atoms with Gasteiger partial charge < -0.3 is 14.8 Å². The Morgan fingerprint density at radius 3 is 2.62 bits per heavy atom. The molecule has 2 aromatic carbocycles. The van der Waals surface area contributed by atoms with E-state index < -0.39 is 29.2 Å². The number of nitro groups is 1. The number of halogens is 1. The summed E-state index contributed by atoms with van der Waals surface area (Å²) in [4.78, 5) is 34.2. The van der Waals surface area contributed by atoms with Crippen molar-refractivity contribution in [3.8, 4) is 5.75 Å². The largest absolute Gasteiger partial charge is 0.494 e. The summed E-state index contributed by atoms with van der Waals surface area (Å²) in [7, 11) is 1.28. The molecule has 26 heavy (non-hydrogen) atoms. The lowest BCUT2D eigenvalue weighted by atomic mass is 10.1. The van der Waals surface area contributed by atoms with Gasteiger partial charge in [-0.05, 0) is 30.7 Å². The summed E-state index contributed by atoms with van der Waals surface area (Å²) in [6, 6.07) is 7.78. The lowest BCUT2D eigenvalue weighted by Crippen LogP contribution is -2.22. The van der Waals surface area contributed by atoms with Crippen molar-refractivity contribution >= 4 is 23.3 Å². The number of esters is 1. The van der Waals surface area contributed by atoms with Gasteiger partial charge in [-0.1, -0.05) is 12.1 Å². The summed E-state index contributed by atoms with van der Waals surface area (Å²) in [6.07, 6.45) is 0. The Morgan fingerprint density at radius 1 is 1.27 bits per heavy atom. The molecule has 1 amide bonds. The fraction of sp³-hybridized carbons (Fsp3) is 0.176. The van der Waals surface area contributed by atoms with Crippen LogP contribution in [0.3, 0.4) is 0 Å². The smallest absolute Gasteiger partial charge is 0.338 e. The number of carbonyl (C=O) groups is 2. The zero-order valence-electron chi connectivity index (χ0n) is 13.9. The van der Waals surface area contributed by atoms with Crippen LogP contribution in [-0.2, 0) is 9.53 Å². The fourth-order valence-corrected chi connectivity index (χ4v) is 2.15. The number of hydrogen-bond donors (Lipinski definition) is 1. The Labute approximate surface area is 147 Å². The highest BCUT2D eigenvalue weighted by molar-refractivity contribution is 5.97. The first-order valence-corrected chi connectivity index (χ1v) is 7.38. The number of amides is 1. The van der Waals surface area contributed by atoms with Crippen molar-refractivity contribution in [2.75, 3.05) is 19.0 Å². The highest BCUT2D eigenvalue weighted by Crippen LogP contribution is 2.27. The first-order chi connectivity index (χ1) is 12.3. The molecule has 9 heteroatoms. The van der Waals surface area contributed by atoms with Crippen molar-refractivity contribution in [1.29, 1.82) is 0 Å². The predicted octanol–water partition coefficient (Wildman–Crippen LogP) is 2.85. The Balaban J connectivity index is 2.02. The van der Waals surface area contributed by atoms with Crippen LogP contribution in [0.2, 0.25) is 0 Å². The minimum absolute atomic E-state index is 0.0223. The van der Waals surface area contributed by atoms with Crippen molar-refractivity contribution in [3.63, 3.8) is 0 Å². The van der Waals surface area contributed by atoms with Crippen molar-refractivity contribution in [2.24, 2.45) is 0 Å². The van der Waals surface area contributed by atoms with E-state index in [4.69, 9.17) is 9.47 Å². The maximum Gasteiger partial charge on any atom is 0.338 e. The highest BCUT2D eigenvalue weighted by Gasteiger charge is 2.19. The van der Waals surface area contributed by atoms with Crippen molar-refractivity contribution in [1.82, 2.24) is 0 Å². The quantitative estimate of drug-likeness (QED) is 0.481. The van der Waals surface area contributed by atoms with Crippen LogP contribution in [0.25, 0.3) is 0 Å². The number of methoxy groups -OCH3 is 1. The molecule has 0 radical (unpaired) electrons. The van der Waals surface area contributed by atoms with E-state index in [1.54, 1.807) is 13.0 Å². The molecule has 136 valence electrons. The summed E-state index contributed by atoms with van der Waals surface area (Å²) >= 11 is 0. The zero-order valence-corrected chi connectivity index (χ0v) is 13.9. The van der Waals surface area contributed by atoms with Gasteiger partial charge in [0.25, 0.3) is 11.6 Å². The summed E-state index contributed by atoms with van der Waals surface area (Å²) in [5.74, 6) is -2.46. The lowest BCUT2D eigenvalue weighted by molar-refractivity contribution is -0.384. The van der Waals surface area contributed by atoms with Crippen LogP contribution in [-0.4, -0.2) is 30.5 Å². The molecule has 0 heterocycles. The number of nitro benzene ring substituents is 1. The van der Waals surface area contributed by atoms with Gasteiger partial charge in [0.15, 0.2) is 18.2 Å². The number of benzene rings is 2. The monoisotopic (exact) mass is 362 g/mol. The van der Waals surface area contributed by atoms with Gasteiger partial charge >= 0.3 is 5.97 Å². The Morgan fingerprint density at radius 2 is 2.00 bits per heavy atom. The van der Waals surface area contributed by atoms with Gasteiger partial charge in [0.2, 0.25) is 0 Å². The van der Waals surface area contributed by atoms with Crippen LogP contribution in [0.5, 0.6) is 5.75 Å². The second-order valence-electron chi connectivity index (χ2n) is 5.20. The van der Waals surface area contributed by atoms with Crippen molar-refractivity contribution in [2.45, 2.75) is 6.92 Å². The molecule has 2 aromatic rings. The molecule has 0 spiro atoms. The topological polar surface area (TPSA) is 108 Å². The Kier molecular flexibility index (Phi) is 5.84. The van der Waals surface area contributed by atoms with Gasteiger partial charge in [-0.3, -0.25) is 14.9 Å². The third kappa shape index (κ3) is 4.32. The van der Waals surface area contributed by atoms with Crippen LogP contribution in [0.1, 0.15) is 15.9 Å². The average molecular weight is 362 g/mol. The van der Waals surface area contributed by atoms with Crippen molar-refractivity contribution < 1.29 is 28.4 Å². The Hall–Kier alpha value is -3.49. The number of ether oxygens (including phenoxy) is 2. The second-order valence-corrected chi connectivity index (χ2v) is 5.20. The minimum Gasteiger partial charge on any atom is -0.494 e. The summed E-state index contributed by atoms with van der Waals surface area (Å²) < 4.78 is 23.1. The number of nitrogens with zero attached hydrogens (tertiary/aromatic N) is 1. The molecule has 0 fully saturated rings. The van der Waals surface area contributed by atoms with E-state index in [1.807, 2.05) is 0 Å². The molecule has 0 unspecified atom stereocenters. The predicted molar refractivity (Wildman–Crippen MR) is 89.7 cm³/mol. The number of para-hydroxylation sites is 1. The minimum atomic E-state index is -0.916. The van der Waals surface area contributed by atoms with Crippen LogP contribution in [0.4, 0.5) is 15.8 Å². The lowest BCUT2D eigenvalue weighted by Gasteiger charge is -2.09. The summed E-state index contributed by atoms with van der Waals surface area (Å²) in [6.45, 7) is 0.909. The van der Waals surface area contributed by atoms with Gasteiger partial charge in [-0.15, -0.1) is 0 Å². The molecule has 0 bridgehead atoms. The van der Waals surface area contributed by atoms with Gasteiger partial charge in [-0.25, -0.2) is 9.18 Å². The summed E-state index contributed by atoms with van der Waals surface area (Å²) in [5.41, 5.74) is 0.130. The van der Waals surface area contributed by atoms with Gasteiger partial charge in [0, 0.05) is 6.07 Å². The number of anilines is 1. The first kappa shape index (κ1) is 18.8. The van der Waals surface area contributed by atoms with E-state index in [1.165, 1.54) is 31.4 Å². The van der Waals surface area contributed by atoms with Crippen molar-refractivity contribution in [3.05, 3.63) is 63.5 Å². The normalized spacial score (nSPS) is 10.1. The molecule has 0 saturated heterocycles. The zero-order chi connectivity index (χ0) is 19.3. The molecule has 0 aliphatic rings. The molecule has 0 saturated carbocycles. The number of aryl methyl sites for hydroxylation is 1. The number of carbonyl (C=O) groups excluding carboxylic acids is 2. The Bertz CT molecular complexity index is 868. The molecular weight excluding hydrogens is 347 g/mol. The first-order valence-electron chi connectivity index (χ1n) is 7.38. The molecule has 0 aromatic heterocycles. The molecule has 1 N–H and O–H groups in total. The molecule has 0 aliphatic carbocycles. The van der Waals surface area contributed by atoms with Gasteiger partial charge in [0.05, 0.1) is 17.6 Å². The SMILES string of the molecule is COc1ccc(C(=O)OCC(=O)Nc2c(C)cccc2[N+](=O)[O-])cc1F. The standard InChI is InChI=1S/C17H15FN2O6/c1-10-4-3-5-13(20(23)24)16(10)19-15(21)9-26-17(22)11-6-7-14(25-2)12(18)8-11/h3-8H,9H2,1-2H3,(H,19,21). The van der Waals surface area contributed by atoms with E-state index in [9.17, 15) is 24.1 Å². The number of nitrogens with one attached hydrogen (secondary N) is 1. The average Bonchev–Trinajstić information content (AvgIpc) is 2.61. The highest BCUT2D eigenvalue weighted by atomic mass is 19.1. The third-order valence-electron chi connectivity index (χ3n) is 3.43. The fourth-order valence-electron chi connectivity index (χ4n) is 2.15. The number of rotatable bonds is 6. The molecule has 0 atom stereocenters. The maximum atomic E-state index is 13.6. The second kappa shape index (κ2) is 8.06. The number of hydrogen-bond acceptors (Lipinski definition) is 6. The van der Waals surface area contributed by atoms with Gasteiger partial charge in [0.1, 0.15) is 5.69 Å². The molecule has 2 rings (SSSR count). The van der Waals surface area contributed by atoms with Crippen LogP contribution in [0.15, 0.2) is 36.4 Å². The van der Waals surface area contributed by atoms with E-state index in [0.717, 1.165) is 6.07 Å². The van der Waals surface area contributed by atoms with E-state index in [0.29, 0.717) is 5.56 Å². The van der Waals surface area contributed by atoms with Crippen LogP contribution < -0.4 is 10.1 Å². The van der Waals surface area contributed by atoms with Crippen LogP contribution >= 0.6 is 0 Å². The van der Waals surface area contributed by atoms with Gasteiger partial charge in [-0.2, -0.15) is 0 Å². The van der Waals surface area contributed by atoms with E-state index in [2.05, 4.69) is 5.32 Å². The van der Waals surface area contributed by atoms with Crippen LogP contribution in [0, 0.1) is 22.9 Å². The molecular formula is C17H15FN2O6. The summed E-state index contributed by atoms with van der Waals surface area (Å²) in [5, 5.41) is 13.4. The van der Waals surface area contributed by atoms with E-state index >= 15 is 0 Å².